The maximum atomic E-state index is 12.8. The Morgan fingerprint density at radius 1 is 0.854 bits per heavy atom. The van der Waals surface area contributed by atoms with Crippen LogP contribution in [0, 0.1) is 13.8 Å². The quantitative estimate of drug-likeness (QED) is 0.190. The monoisotopic (exact) mass is 561 g/mol. The number of nitrogens with two attached hydrogens (primary N) is 1. The molecular formula is C32H39N3O6. The van der Waals surface area contributed by atoms with Gasteiger partial charge in [0, 0.05) is 31.0 Å². The van der Waals surface area contributed by atoms with Crippen LogP contribution >= 0.6 is 0 Å². The second kappa shape index (κ2) is 16.0. The van der Waals surface area contributed by atoms with Crippen molar-refractivity contribution < 1.29 is 28.6 Å². The zero-order chi connectivity index (χ0) is 29.6. The molecule has 0 unspecified atom stereocenters. The summed E-state index contributed by atoms with van der Waals surface area (Å²) in [5.74, 6) is 0.305. The van der Waals surface area contributed by atoms with Gasteiger partial charge in [-0.15, -0.1) is 0 Å². The van der Waals surface area contributed by atoms with Crippen LogP contribution in [0.2, 0.25) is 0 Å². The van der Waals surface area contributed by atoms with Crippen molar-refractivity contribution in [2.75, 3.05) is 26.8 Å². The minimum absolute atomic E-state index is 0.0518. The molecule has 9 heteroatoms. The van der Waals surface area contributed by atoms with Crippen LogP contribution < -0.4 is 25.8 Å². The summed E-state index contributed by atoms with van der Waals surface area (Å²) in [7, 11) is 1.52. The Kier molecular flexibility index (Phi) is 12.2. The van der Waals surface area contributed by atoms with Gasteiger partial charge in [-0.25, -0.2) is 0 Å². The van der Waals surface area contributed by atoms with Gasteiger partial charge in [0.15, 0.2) is 0 Å². The summed E-state index contributed by atoms with van der Waals surface area (Å²) in [6, 6.07) is 21.1. The molecule has 218 valence electrons. The third kappa shape index (κ3) is 10.3. The highest BCUT2D eigenvalue weighted by Crippen LogP contribution is 2.26. The van der Waals surface area contributed by atoms with Gasteiger partial charge in [-0.1, -0.05) is 59.7 Å². The van der Waals surface area contributed by atoms with Crippen LogP contribution in [0.5, 0.6) is 11.5 Å². The number of rotatable bonds is 15. The Morgan fingerprint density at radius 3 is 2.07 bits per heavy atom. The Balaban J connectivity index is 1.40. The fraction of sp³-hybridized carbons (Fsp3) is 0.344. The average molecular weight is 562 g/mol. The molecular weight excluding hydrogens is 522 g/mol. The first kappa shape index (κ1) is 31.2. The molecule has 0 aliphatic rings. The molecule has 0 radical (unpaired) electrons. The molecule has 3 aromatic carbocycles. The maximum Gasteiger partial charge on any atom is 0.320 e. The highest BCUT2D eigenvalue weighted by Gasteiger charge is 2.17. The molecule has 9 nitrogen and oxygen atoms in total. The number of aryl methyl sites for hydroxylation is 2. The summed E-state index contributed by atoms with van der Waals surface area (Å²) in [6.45, 7) is 4.49. The maximum absolute atomic E-state index is 12.8. The van der Waals surface area contributed by atoms with Gasteiger partial charge in [-0.2, -0.15) is 0 Å². The van der Waals surface area contributed by atoms with Gasteiger partial charge >= 0.3 is 5.97 Å². The average Bonchev–Trinajstić information content (AvgIpc) is 2.98. The van der Waals surface area contributed by atoms with Crippen molar-refractivity contribution in [3.63, 3.8) is 0 Å². The molecule has 4 N–H and O–H groups in total. The molecule has 2 amide bonds. The summed E-state index contributed by atoms with van der Waals surface area (Å²) in [6.07, 6.45) is 0.934. The Hall–Kier alpha value is -4.37. The Morgan fingerprint density at radius 2 is 1.49 bits per heavy atom. The molecule has 0 atom stereocenters. The third-order valence-electron chi connectivity index (χ3n) is 6.43. The lowest BCUT2D eigenvalue weighted by atomic mass is 9.97. The van der Waals surface area contributed by atoms with Crippen LogP contribution in [0.1, 0.15) is 53.1 Å². The van der Waals surface area contributed by atoms with E-state index in [1.807, 2.05) is 62.4 Å². The molecule has 0 fully saturated rings. The molecule has 0 bridgehead atoms. The SMILES string of the molecule is COc1cc(OCCCC(=O)NCCC(=O)NC(c2ccc(C)cc2)c2ccc(C)cc2)ccc1COC(=O)CN. The first-order chi connectivity index (χ1) is 19.8. The van der Waals surface area contributed by atoms with Crippen LogP contribution in [0.4, 0.5) is 0 Å². The number of nitrogens with one attached hydrogen (secondary N) is 2. The van der Waals surface area contributed by atoms with Crippen molar-refractivity contribution >= 4 is 17.8 Å². The number of amides is 2. The van der Waals surface area contributed by atoms with E-state index in [0.717, 1.165) is 22.3 Å². The van der Waals surface area contributed by atoms with Crippen LogP contribution in [0.15, 0.2) is 66.7 Å². The second-order valence-electron chi connectivity index (χ2n) is 9.71. The van der Waals surface area contributed by atoms with E-state index in [2.05, 4.69) is 10.6 Å². The van der Waals surface area contributed by atoms with E-state index >= 15 is 0 Å². The smallest absolute Gasteiger partial charge is 0.320 e. The Labute approximate surface area is 241 Å². The third-order valence-corrected chi connectivity index (χ3v) is 6.43. The van der Waals surface area contributed by atoms with E-state index < -0.39 is 5.97 Å². The van der Waals surface area contributed by atoms with E-state index in [-0.39, 0.29) is 50.4 Å². The minimum atomic E-state index is -0.500. The fourth-order valence-corrected chi connectivity index (χ4v) is 4.09. The van der Waals surface area contributed by atoms with E-state index in [1.54, 1.807) is 18.2 Å². The second-order valence-corrected chi connectivity index (χ2v) is 9.71. The molecule has 0 aromatic heterocycles. The number of carbonyl (C=O) groups excluding carboxylic acids is 3. The minimum Gasteiger partial charge on any atom is -0.496 e. The lowest BCUT2D eigenvalue weighted by molar-refractivity contribution is -0.143. The normalized spacial score (nSPS) is 10.7. The van der Waals surface area contributed by atoms with E-state index in [4.69, 9.17) is 19.9 Å². The van der Waals surface area contributed by atoms with Crippen LogP contribution in [-0.4, -0.2) is 44.6 Å². The van der Waals surface area contributed by atoms with Crippen molar-refractivity contribution in [3.05, 3.63) is 94.5 Å². The summed E-state index contributed by atoms with van der Waals surface area (Å²) in [5.41, 5.74) is 10.2. The number of esters is 1. The van der Waals surface area contributed by atoms with Gasteiger partial charge < -0.3 is 30.6 Å². The van der Waals surface area contributed by atoms with E-state index in [0.29, 0.717) is 30.1 Å². The molecule has 3 rings (SSSR count). The molecule has 0 spiro atoms. The topological polar surface area (TPSA) is 129 Å². The Bertz CT molecular complexity index is 1250. The van der Waals surface area contributed by atoms with Crippen molar-refractivity contribution in [1.29, 1.82) is 0 Å². The summed E-state index contributed by atoms with van der Waals surface area (Å²) in [5, 5.41) is 5.92. The largest absolute Gasteiger partial charge is 0.496 e. The van der Waals surface area contributed by atoms with Gasteiger partial charge in [-0.3, -0.25) is 14.4 Å². The van der Waals surface area contributed by atoms with Crippen molar-refractivity contribution in [3.8, 4) is 11.5 Å². The zero-order valence-corrected chi connectivity index (χ0v) is 23.9. The number of hydrogen-bond donors (Lipinski definition) is 3. The number of carbonyl (C=O) groups is 3. The van der Waals surface area contributed by atoms with Crippen molar-refractivity contribution in [2.45, 2.75) is 45.8 Å². The van der Waals surface area contributed by atoms with Crippen LogP contribution in [-0.2, 0) is 25.7 Å². The summed E-state index contributed by atoms with van der Waals surface area (Å²) < 4.78 is 16.1. The van der Waals surface area contributed by atoms with Gasteiger partial charge in [0.1, 0.15) is 18.1 Å². The lowest BCUT2D eigenvalue weighted by Crippen LogP contribution is -2.33. The predicted molar refractivity (Wildman–Crippen MR) is 157 cm³/mol. The highest BCUT2D eigenvalue weighted by molar-refractivity contribution is 5.79. The van der Waals surface area contributed by atoms with Gasteiger partial charge in [0.2, 0.25) is 11.8 Å². The molecule has 0 saturated heterocycles. The van der Waals surface area contributed by atoms with Crippen LogP contribution in [0.25, 0.3) is 0 Å². The number of benzene rings is 3. The predicted octanol–water partition coefficient (Wildman–Crippen LogP) is 3.89. The van der Waals surface area contributed by atoms with Crippen molar-refractivity contribution in [2.24, 2.45) is 5.73 Å². The molecule has 0 heterocycles. The number of hydrogen-bond acceptors (Lipinski definition) is 7. The molecule has 3 aromatic rings. The molecule has 0 saturated carbocycles. The first-order valence-electron chi connectivity index (χ1n) is 13.6. The molecule has 41 heavy (non-hydrogen) atoms. The highest BCUT2D eigenvalue weighted by atomic mass is 16.5. The molecule has 0 aliphatic carbocycles. The van der Waals surface area contributed by atoms with E-state index in [1.165, 1.54) is 7.11 Å². The standard InChI is InChI=1S/C32H39N3O6/c1-22-6-10-24(11-7-22)32(25-12-8-23(2)9-13-25)35-30(37)16-17-34-29(36)5-4-18-40-27-15-14-26(28(19-27)39-3)21-41-31(38)20-33/h6-15,19,32H,4-5,16-18,20-21,33H2,1-3H3,(H,34,36)(H,35,37). The lowest BCUT2D eigenvalue weighted by Gasteiger charge is -2.20. The number of ether oxygens (including phenoxy) is 3. The number of methoxy groups -OCH3 is 1. The summed E-state index contributed by atoms with van der Waals surface area (Å²) in [4.78, 5) is 36.4. The first-order valence-corrected chi connectivity index (χ1v) is 13.6. The fourth-order valence-electron chi connectivity index (χ4n) is 4.09. The van der Waals surface area contributed by atoms with Crippen LogP contribution in [0.3, 0.4) is 0 Å². The van der Waals surface area contributed by atoms with E-state index in [9.17, 15) is 14.4 Å². The van der Waals surface area contributed by atoms with Gasteiger partial charge in [0.05, 0.1) is 26.3 Å². The summed E-state index contributed by atoms with van der Waals surface area (Å²) >= 11 is 0. The van der Waals surface area contributed by atoms with Gasteiger partial charge in [0.25, 0.3) is 0 Å². The van der Waals surface area contributed by atoms with Crippen molar-refractivity contribution in [1.82, 2.24) is 10.6 Å². The van der Waals surface area contributed by atoms with Gasteiger partial charge in [-0.05, 0) is 43.5 Å². The molecule has 0 aliphatic heterocycles. The zero-order valence-electron chi connectivity index (χ0n) is 23.9.